The number of rotatable bonds is 5. The summed E-state index contributed by atoms with van der Waals surface area (Å²) in [7, 11) is 0. The molecular formula is C11H16ClNO2S. The number of thiophene rings is 1. The van der Waals surface area contributed by atoms with Gasteiger partial charge in [-0.3, -0.25) is 10.1 Å². The molecule has 0 spiro atoms. The Balaban J connectivity index is 2.35. The minimum Gasteiger partial charge on any atom is -0.462 e. The van der Waals surface area contributed by atoms with Gasteiger partial charge < -0.3 is 4.74 Å². The highest BCUT2D eigenvalue weighted by atomic mass is 35.5. The monoisotopic (exact) mass is 261 g/mol. The van der Waals surface area contributed by atoms with E-state index in [0.29, 0.717) is 0 Å². The van der Waals surface area contributed by atoms with E-state index in [4.69, 9.17) is 16.3 Å². The van der Waals surface area contributed by atoms with Crippen molar-refractivity contribution in [2.75, 3.05) is 6.54 Å². The molecule has 16 heavy (non-hydrogen) atoms. The van der Waals surface area contributed by atoms with Crippen molar-refractivity contribution in [2.24, 2.45) is 0 Å². The molecule has 0 radical (unpaired) electrons. The maximum atomic E-state index is 11.3. The maximum absolute atomic E-state index is 11.3. The van der Waals surface area contributed by atoms with Crippen molar-refractivity contribution in [3.63, 3.8) is 0 Å². The summed E-state index contributed by atoms with van der Waals surface area (Å²) in [6.45, 7) is 5.88. The van der Waals surface area contributed by atoms with E-state index in [1.165, 1.54) is 11.3 Å². The lowest BCUT2D eigenvalue weighted by molar-refractivity contribution is -0.146. The molecule has 0 fully saturated rings. The Bertz CT molecular complexity index is 352. The van der Waals surface area contributed by atoms with E-state index in [9.17, 15) is 4.79 Å². The fourth-order valence-electron chi connectivity index (χ4n) is 1.20. The van der Waals surface area contributed by atoms with Crippen LogP contribution in [0, 0.1) is 0 Å². The van der Waals surface area contributed by atoms with E-state index in [1.807, 2.05) is 32.9 Å². The molecule has 1 heterocycles. The summed E-state index contributed by atoms with van der Waals surface area (Å²) in [5, 5.41) is 3.09. The second-order valence-electron chi connectivity index (χ2n) is 3.78. The number of hydrogen-bond acceptors (Lipinski definition) is 4. The van der Waals surface area contributed by atoms with Gasteiger partial charge in [-0.1, -0.05) is 11.6 Å². The van der Waals surface area contributed by atoms with Crippen LogP contribution in [0.4, 0.5) is 0 Å². The number of hydrogen-bond donors (Lipinski definition) is 1. The molecule has 0 saturated heterocycles. The van der Waals surface area contributed by atoms with Gasteiger partial charge in [0.05, 0.1) is 17.0 Å². The molecule has 1 N–H and O–H groups in total. The number of halogens is 1. The van der Waals surface area contributed by atoms with Crippen LogP contribution in [0.5, 0.6) is 0 Å². The zero-order valence-corrected chi connectivity index (χ0v) is 11.2. The third-order valence-electron chi connectivity index (χ3n) is 1.94. The molecular weight excluding hydrogens is 246 g/mol. The molecule has 5 heteroatoms. The quantitative estimate of drug-likeness (QED) is 0.828. The minimum absolute atomic E-state index is 0.0687. The van der Waals surface area contributed by atoms with Crippen LogP contribution >= 0.6 is 22.9 Å². The van der Waals surface area contributed by atoms with Crippen molar-refractivity contribution >= 4 is 28.9 Å². The molecule has 0 bridgehead atoms. The molecule has 0 aromatic carbocycles. The second-order valence-corrected chi connectivity index (χ2v) is 5.53. The van der Waals surface area contributed by atoms with Gasteiger partial charge in [0.15, 0.2) is 0 Å². The van der Waals surface area contributed by atoms with Crippen molar-refractivity contribution < 1.29 is 9.53 Å². The smallest absolute Gasteiger partial charge is 0.320 e. The predicted molar refractivity (Wildman–Crippen MR) is 67.0 cm³/mol. The van der Waals surface area contributed by atoms with Crippen LogP contribution in [0.1, 0.15) is 31.7 Å². The van der Waals surface area contributed by atoms with Crippen LogP contribution in [0.2, 0.25) is 4.34 Å². The Hall–Kier alpha value is -0.580. The fraction of sp³-hybridized carbons (Fsp3) is 0.545. The van der Waals surface area contributed by atoms with E-state index in [0.717, 1.165) is 9.21 Å². The summed E-state index contributed by atoms with van der Waals surface area (Å²) >= 11 is 7.35. The van der Waals surface area contributed by atoms with Gasteiger partial charge in [0, 0.05) is 10.9 Å². The average molecular weight is 262 g/mol. The highest BCUT2D eigenvalue weighted by Crippen LogP contribution is 2.26. The first kappa shape index (κ1) is 13.5. The number of carbonyl (C=O) groups is 1. The number of esters is 1. The largest absolute Gasteiger partial charge is 0.462 e. The maximum Gasteiger partial charge on any atom is 0.320 e. The van der Waals surface area contributed by atoms with Gasteiger partial charge in [-0.05, 0) is 32.9 Å². The van der Waals surface area contributed by atoms with Crippen molar-refractivity contribution in [1.82, 2.24) is 5.32 Å². The molecule has 0 amide bonds. The van der Waals surface area contributed by atoms with Crippen molar-refractivity contribution in [1.29, 1.82) is 0 Å². The van der Waals surface area contributed by atoms with E-state index < -0.39 is 0 Å². The van der Waals surface area contributed by atoms with Gasteiger partial charge in [-0.25, -0.2) is 0 Å². The first-order chi connectivity index (χ1) is 7.49. The summed E-state index contributed by atoms with van der Waals surface area (Å²) in [6, 6.07) is 3.92. The third-order valence-corrected chi connectivity index (χ3v) is 3.35. The molecule has 0 saturated carbocycles. The van der Waals surface area contributed by atoms with Gasteiger partial charge in [0.25, 0.3) is 0 Å². The van der Waals surface area contributed by atoms with Crippen LogP contribution in [-0.4, -0.2) is 18.6 Å². The van der Waals surface area contributed by atoms with Gasteiger partial charge in [-0.15, -0.1) is 11.3 Å². The lowest BCUT2D eigenvalue weighted by atomic mass is 10.3. The van der Waals surface area contributed by atoms with Gasteiger partial charge in [0.1, 0.15) is 0 Å². The van der Waals surface area contributed by atoms with E-state index in [1.54, 1.807) is 0 Å². The fourth-order valence-corrected chi connectivity index (χ4v) is 2.29. The molecule has 1 aromatic rings. The zero-order chi connectivity index (χ0) is 12.1. The highest BCUT2D eigenvalue weighted by Gasteiger charge is 2.11. The Labute approximate surface area is 105 Å². The summed E-state index contributed by atoms with van der Waals surface area (Å²) in [6.07, 6.45) is -0.0687. The van der Waals surface area contributed by atoms with Crippen molar-refractivity contribution in [3.8, 4) is 0 Å². The van der Waals surface area contributed by atoms with E-state index in [2.05, 4.69) is 5.32 Å². The lowest BCUT2D eigenvalue weighted by Crippen LogP contribution is -2.28. The topological polar surface area (TPSA) is 38.3 Å². The first-order valence-corrected chi connectivity index (χ1v) is 6.36. The summed E-state index contributed by atoms with van der Waals surface area (Å²) in [5.74, 6) is -0.232. The highest BCUT2D eigenvalue weighted by molar-refractivity contribution is 7.16. The number of carbonyl (C=O) groups excluding carboxylic acids is 1. The standard InChI is InChI=1S/C11H16ClNO2S/c1-7(2)15-11(14)6-13-8(3)9-4-5-10(12)16-9/h4-5,7-8,13H,6H2,1-3H3. The van der Waals surface area contributed by atoms with Crippen LogP contribution < -0.4 is 5.32 Å². The normalized spacial score (nSPS) is 12.8. The zero-order valence-electron chi connectivity index (χ0n) is 9.62. The Kier molecular flexibility index (Phi) is 5.25. The van der Waals surface area contributed by atoms with Crippen molar-refractivity contribution in [3.05, 3.63) is 21.3 Å². The molecule has 1 unspecified atom stereocenters. The molecule has 0 aliphatic heterocycles. The van der Waals surface area contributed by atoms with Crippen molar-refractivity contribution in [2.45, 2.75) is 32.9 Å². The Morgan fingerprint density at radius 2 is 2.19 bits per heavy atom. The SMILES string of the molecule is CC(C)OC(=O)CNC(C)c1ccc(Cl)s1. The van der Waals surface area contributed by atoms with E-state index in [-0.39, 0.29) is 24.7 Å². The van der Waals surface area contributed by atoms with Crippen LogP contribution in [0.25, 0.3) is 0 Å². The third kappa shape index (κ3) is 4.51. The second kappa shape index (κ2) is 6.23. The lowest BCUT2D eigenvalue weighted by Gasteiger charge is -2.12. The molecule has 0 aliphatic rings. The summed E-state index contributed by atoms with van der Waals surface area (Å²) < 4.78 is 5.78. The first-order valence-electron chi connectivity index (χ1n) is 5.17. The predicted octanol–water partition coefficient (Wildman–Crippen LogP) is 3.00. The molecule has 1 rings (SSSR count). The van der Waals surface area contributed by atoms with Gasteiger partial charge in [-0.2, -0.15) is 0 Å². The Morgan fingerprint density at radius 1 is 1.50 bits per heavy atom. The summed E-state index contributed by atoms with van der Waals surface area (Å²) in [5.41, 5.74) is 0. The minimum atomic E-state index is -0.232. The van der Waals surface area contributed by atoms with Gasteiger partial charge >= 0.3 is 5.97 Å². The Morgan fingerprint density at radius 3 is 2.69 bits per heavy atom. The number of nitrogens with one attached hydrogen (secondary N) is 1. The molecule has 3 nitrogen and oxygen atoms in total. The molecule has 90 valence electrons. The molecule has 0 aliphatic carbocycles. The van der Waals surface area contributed by atoms with E-state index >= 15 is 0 Å². The molecule has 1 atom stereocenters. The van der Waals surface area contributed by atoms with Crippen LogP contribution in [0.3, 0.4) is 0 Å². The van der Waals surface area contributed by atoms with Crippen LogP contribution in [-0.2, 0) is 9.53 Å². The number of ether oxygens (including phenoxy) is 1. The summed E-state index contributed by atoms with van der Waals surface area (Å²) in [4.78, 5) is 12.4. The van der Waals surface area contributed by atoms with Gasteiger partial charge in [0.2, 0.25) is 0 Å². The van der Waals surface area contributed by atoms with Crippen LogP contribution in [0.15, 0.2) is 12.1 Å². The molecule has 1 aromatic heterocycles. The average Bonchev–Trinajstić information content (AvgIpc) is 2.60.